The molecule has 4 saturated carbocycles. The number of aliphatic carboxylic acids is 1. The molecular weight excluding hydrogens is 426 g/mol. The number of aromatic nitrogens is 1. The molecule has 1 aromatic rings. The van der Waals surface area contributed by atoms with Gasteiger partial charge >= 0.3 is 5.97 Å². The monoisotopic (exact) mass is 471 g/mol. The van der Waals surface area contributed by atoms with Gasteiger partial charge in [-0.25, -0.2) is 9.78 Å². The second-order valence-corrected chi connectivity index (χ2v) is 11.8. The van der Waals surface area contributed by atoms with Crippen LogP contribution in [-0.4, -0.2) is 28.8 Å². The highest BCUT2D eigenvalue weighted by Gasteiger charge is 2.40. The molecular formula is C29H45NO4. The molecule has 4 aliphatic carbocycles. The normalized spacial score (nSPS) is 32.0. The topological polar surface area (TPSA) is 72.6 Å². The van der Waals surface area contributed by atoms with E-state index in [0.29, 0.717) is 29.6 Å². The van der Waals surface area contributed by atoms with Crippen LogP contribution >= 0.6 is 0 Å². The zero-order chi connectivity index (χ0) is 23.3. The highest BCUT2D eigenvalue weighted by atomic mass is 16.5. The lowest BCUT2D eigenvalue weighted by atomic mass is 9.67. The fraction of sp³-hybridized carbons (Fsp3) is 0.862. The van der Waals surface area contributed by atoms with Crippen molar-refractivity contribution in [3.8, 4) is 0 Å². The third-order valence-electron chi connectivity index (χ3n) is 9.52. The molecule has 0 radical (unpaired) electrons. The third kappa shape index (κ3) is 5.71. The smallest absolute Gasteiger partial charge is 0.329 e. The Morgan fingerprint density at radius 1 is 0.824 bits per heavy atom. The molecule has 4 atom stereocenters. The van der Waals surface area contributed by atoms with Crippen LogP contribution in [0, 0.1) is 11.8 Å². The fourth-order valence-electron chi connectivity index (χ4n) is 7.79. The number of carbonyl (C=O) groups is 1. The molecule has 0 saturated heterocycles. The van der Waals surface area contributed by atoms with Crippen LogP contribution in [0.2, 0.25) is 0 Å². The van der Waals surface area contributed by atoms with Gasteiger partial charge < -0.3 is 14.3 Å². The van der Waals surface area contributed by atoms with Gasteiger partial charge in [0.2, 0.25) is 0 Å². The number of rotatable bonds is 7. The van der Waals surface area contributed by atoms with E-state index in [-0.39, 0.29) is 12.7 Å². The summed E-state index contributed by atoms with van der Waals surface area (Å²) in [5.41, 5.74) is 1.34. The molecule has 5 heteroatoms. The third-order valence-corrected chi connectivity index (χ3v) is 9.52. The van der Waals surface area contributed by atoms with E-state index in [1.807, 2.05) is 0 Å². The van der Waals surface area contributed by atoms with Gasteiger partial charge in [0.05, 0.1) is 11.8 Å². The van der Waals surface area contributed by atoms with E-state index < -0.39 is 5.97 Å². The molecule has 4 aliphatic rings. The minimum atomic E-state index is -0.858. The summed E-state index contributed by atoms with van der Waals surface area (Å²) in [5, 5.41) is 9.05. The van der Waals surface area contributed by atoms with Crippen molar-refractivity contribution in [2.75, 3.05) is 6.61 Å². The summed E-state index contributed by atoms with van der Waals surface area (Å²) in [4.78, 5) is 16.4. The molecule has 0 aliphatic heterocycles. The lowest BCUT2D eigenvalue weighted by molar-refractivity contribution is -0.145. The van der Waals surface area contributed by atoms with Crippen LogP contribution in [-0.2, 0) is 9.53 Å². The number of ether oxygens (including phenoxy) is 1. The molecule has 190 valence electrons. The average Bonchev–Trinajstić information content (AvgIpc) is 3.34. The summed E-state index contributed by atoms with van der Waals surface area (Å²) >= 11 is 0. The van der Waals surface area contributed by atoms with Crippen LogP contribution in [0.25, 0.3) is 0 Å². The highest BCUT2D eigenvalue weighted by molar-refractivity contribution is 5.68. The lowest BCUT2D eigenvalue weighted by Crippen LogP contribution is -2.33. The number of oxazole rings is 1. The molecule has 0 amide bonds. The lowest BCUT2D eigenvalue weighted by Gasteiger charge is -2.39. The fourth-order valence-corrected chi connectivity index (χ4v) is 7.79. The van der Waals surface area contributed by atoms with Gasteiger partial charge in [-0.3, -0.25) is 0 Å². The predicted octanol–water partition coefficient (Wildman–Crippen LogP) is 7.70. The predicted molar refractivity (Wildman–Crippen MR) is 132 cm³/mol. The molecule has 1 aromatic heterocycles. The number of carboxylic acids is 1. The first-order chi connectivity index (χ1) is 16.7. The van der Waals surface area contributed by atoms with Gasteiger partial charge in [-0.05, 0) is 69.6 Å². The summed E-state index contributed by atoms with van der Waals surface area (Å²) in [7, 11) is 0. The van der Waals surface area contributed by atoms with Gasteiger partial charge in [-0.15, -0.1) is 0 Å². The van der Waals surface area contributed by atoms with E-state index in [0.717, 1.165) is 25.2 Å². The average molecular weight is 472 g/mol. The molecule has 5 nitrogen and oxygen atoms in total. The minimum absolute atomic E-state index is 0.0950. The van der Waals surface area contributed by atoms with E-state index in [1.165, 1.54) is 108 Å². The van der Waals surface area contributed by atoms with Gasteiger partial charge in [0, 0.05) is 17.8 Å². The summed E-state index contributed by atoms with van der Waals surface area (Å²) < 4.78 is 12.6. The molecule has 1 N–H and O–H groups in total. The second-order valence-electron chi connectivity index (χ2n) is 11.8. The van der Waals surface area contributed by atoms with E-state index in [1.54, 1.807) is 0 Å². The van der Waals surface area contributed by atoms with Crippen molar-refractivity contribution >= 4 is 5.97 Å². The van der Waals surface area contributed by atoms with Crippen LogP contribution in [0.3, 0.4) is 0 Å². The van der Waals surface area contributed by atoms with E-state index in [9.17, 15) is 4.79 Å². The molecule has 0 spiro atoms. The maximum Gasteiger partial charge on any atom is 0.329 e. The summed E-state index contributed by atoms with van der Waals surface area (Å²) in [5.74, 6) is 4.28. The summed E-state index contributed by atoms with van der Waals surface area (Å²) in [6.07, 6.45) is 22.7. The number of carboxylic acid groups (broad SMARTS) is 1. The number of hydrogen-bond acceptors (Lipinski definition) is 4. The Hall–Kier alpha value is -1.36. The van der Waals surface area contributed by atoms with Gasteiger partial charge in [0.1, 0.15) is 12.4 Å². The molecule has 0 aromatic carbocycles. The summed E-state index contributed by atoms with van der Waals surface area (Å²) in [6.45, 7) is -0.166. The zero-order valence-electron chi connectivity index (χ0n) is 21.0. The van der Waals surface area contributed by atoms with Crippen molar-refractivity contribution in [3.63, 3.8) is 0 Å². The molecule has 5 rings (SSSR count). The first kappa shape index (κ1) is 24.3. The first-order valence-corrected chi connectivity index (χ1v) is 14.5. The molecule has 0 bridgehead atoms. The minimum Gasteiger partial charge on any atom is -0.480 e. The molecule has 1 heterocycles. The largest absolute Gasteiger partial charge is 0.480 e. The zero-order valence-corrected chi connectivity index (χ0v) is 21.0. The Labute approximate surface area is 205 Å². The van der Waals surface area contributed by atoms with E-state index in [2.05, 4.69) is 0 Å². The van der Waals surface area contributed by atoms with Gasteiger partial charge in [-0.1, -0.05) is 57.8 Å². The molecule has 4 fully saturated rings. The van der Waals surface area contributed by atoms with Crippen molar-refractivity contribution in [3.05, 3.63) is 17.3 Å². The number of nitrogens with zero attached hydrogens (tertiary/aromatic N) is 1. The Bertz CT molecular complexity index is 757. The molecule has 4 unspecified atom stereocenters. The Kier molecular flexibility index (Phi) is 8.29. The van der Waals surface area contributed by atoms with Crippen molar-refractivity contribution in [2.24, 2.45) is 11.8 Å². The Balaban J connectivity index is 1.37. The van der Waals surface area contributed by atoms with Crippen LogP contribution in [0.4, 0.5) is 0 Å². The van der Waals surface area contributed by atoms with Gasteiger partial charge in [0.25, 0.3) is 0 Å². The van der Waals surface area contributed by atoms with Crippen molar-refractivity contribution in [1.29, 1.82) is 0 Å². The first-order valence-electron chi connectivity index (χ1n) is 14.5. The van der Waals surface area contributed by atoms with Crippen molar-refractivity contribution in [1.82, 2.24) is 4.98 Å². The number of hydrogen-bond donors (Lipinski definition) is 1. The SMILES string of the molecule is O=C(O)COC1CCCC(C2CCCCC2c2nc(C3CCCCC3)c(C3CCCCC3)o2)C1. The second kappa shape index (κ2) is 11.6. The van der Waals surface area contributed by atoms with Crippen molar-refractivity contribution < 1.29 is 19.1 Å². The van der Waals surface area contributed by atoms with Gasteiger partial charge in [0.15, 0.2) is 5.89 Å². The van der Waals surface area contributed by atoms with Crippen LogP contribution < -0.4 is 0 Å². The maximum atomic E-state index is 11.0. The molecule has 34 heavy (non-hydrogen) atoms. The highest BCUT2D eigenvalue weighted by Crippen LogP contribution is 2.49. The van der Waals surface area contributed by atoms with Crippen LogP contribution in [0.15, 0.2) is 4.42 Å². The van der Waals surface area contributed by atoms with E-state index in [4.69, 9.17) is 19.2 Å². The standard InChI is InChI=1S/C29H45NO4/c31-26(32)19-33-23-15-9-14-22(18-23)24-16-7-8-17-25(24)29-30-27(20-10-3-1-4-11-20)28(34-29)21-12-5-2-6-13-21/h20-25H,1-19H2,(H,31,32). The van der Waals surface area contributed by atoms with Crippen LogP contribution in [0.5, 0.6) is 0 Å². The summed E-state index contributed by atoms with van der Waals surface area (Å²) in [6, 6.07) is 0. The van der Waals surface area contributed by atoms with E-state index >= 15 is 0 Å². The quantitative estimate of drug-likeness (QED) is 0.441. The maximum absolute atomic E-state index is 11.0. The van der Waals surface area contributed by atoms with Gasteiger partial charge in [-0.2, -0.15) is 0 Å². The Morgan fingerprint density at radius 3 is 2.24 bits per heavy atom. The van der Waals surface area contributed by atoms with Crippen LogP contribution in [0.1, 0.15) is 151 Å². The Morgan fingerprint density at radius 2 is 1.50 bits per heavy atom. The van der Waals surface area contributed by atoms with Crippen molar-refractivity contribution in [2.45, 2.75) is 139 Å².